The molecule has 1 aromatic heterocycles. The molecule has 1 aromatic carbocycles. The zero-order valence-corrected chi connectivity index (χ0v) is 18.3. The van der Waals surface area contributed by atoms with Crippen LogP contribution in [-0.2, 0) is 14.8 Å². The summed E-state index contributed by atoms with van der Waals surface area (Å²) in [6.07, 6.45) is -0.249. The smallest absolute Gasteiger partial charge is 0.410 e. The van der Waals surface area contributed by atoms with Crippen molar-refractivity contribution >= 4 is 38.6 Å². The van der Waals surface area contributed by atoms with Gasteiger partial charge >= 0.3 is 6.09 Å². The molecule has 1 atom stereocenters. The molecule has 0 spiro atoms. The van der Waals surface area contributed by atoms with Gasteiger partial charge in [0.15, 0.2) is 0 Å². The molecule has 160 valence electrons. The van der Waals surface area contributed by atoms with Gasteiger partial charge in [-0.2, -0.15) is 4.31 Å². The number of H-pyrrole nitrogens is 1. The molecular formula is C19H26ClN3O5S. The second-order valence-corrected chi connectivity index (χ2v) is 10.4. The van der Waals surface area contributed by atoms with Crippen LogP contribution in [0.2, 0.25) is 5.02 Å². The van der Waals surface area contributed by atoms with E-state index in [0.29, 0.717) is 15.9 Å². The highest BCUT2D eigenvalue weighted by atomic mass is 35.5. The highest BCUT2D eigenvalue weighted by molar-refractivity contribution is 7.89. The van der Waals surface area contributed by atoms with Crippen LogP contribution in [0.25, 0.3) is 10.9 Å². The fraction of sp³-hybridized carbons (Fsp3) is 0.526. The highest BCUT2D eigenvalue weighted by Gasteiger charge is 2.38. The molecule has 29 heavy (non-hydrogen) atoms. The first kappa shape index (κ1) is 21.9. The van der Waals surface area contributed by atoms with Crippen molar-refractivity contribution in [3.63, 3.8) is 0 Å². The van der Waals surface area contributed by atoms with E-state index in [4.69, 9.17) is 16.3 Å². The molecule has 2 heterocycles. The van der Waals surface area contributed by atoms with Gasteiger partial charge in [0.1, 0.15) is 10.6 Å². The third-order valence-corrected chi connectivity index (χ3v) is 6.73. The molecule has 0 aliphatic carbocycles. The molecule has 2 N–H and O–H groups in total. The molecule has 1 amide bonds. The largest absolute Gasteiger partial charge is 0.444 e. The highest BCUT2D eigenvalue weighted by Crippen LogP contribution is 2.26. The number of sulfonamides is 1. The van der Waals surface area contributed by atoms with E-state index in [2.05, 4.69) is 4.98 Å². The van der Waals surface area contributed by atoms with Crippen LogP contribution in [0.15, 0.2) is 29.3 Å². The van der Waals surface area contributed by atoms with Crippen molar-refractivity contribution < 1.29 is 23.1 Å². The van der Waals surface area contributed by atoms with E-state index >= 15 is 0 Å². The number of aliphatic hydroxyl groups excluding tert-OH is 1. The summed E-state index contributed by atoms with van der Waals surface area (Å²) in [7, 11) is -3.80. The molecule has 2 aromatic rings. The third kappa shape index (κ3) is 4.85. The molecule has 1 aliphatic rings. The summed E-state index contributed by atoms with van der Waals surface area (Å²) in [4.78, 5) is 16.9. The van der Waals surface area contributed by atoms with Crippen molar-refractivity contribution in [1.29, 1.82) is 0 Å². The predicted octanol–water partition coefficient (Wildman–Crippen LogP) is 2.81. The van der Waals surface area contributed by atoms with E-state index in [1.807, 2.05) is 0 Å². The van der Waals surface area contributed by atoms with Gasteiger partial charge in [0.25, 0.3) is 10.0 Å². The summed E-state index contributed by atoms with van der Waals surface area (Å²) in [6, 6.07) is 6.19. The number of benzene rings is 1. The molecule has 8 nitrogen and oxygen atoms in total. The lowest BCUT2D eigenvalue weighted by atomic mass is 10.1. The summed E-state index contributed by atoms with van der Waals surface area (Å²) in [5.41, 5.74) is 0.0163. The van der Waals surface area contributed by atoms with Gasteiger partial charge in [-0.3, -0.25) is 0 Å². The monoisotopic (exact) mass is 443 g/mol. The molecule has 0 saturated carbocycles. The summed E-state index contributed by atoms with van der Waals surface area (Å²) >= 11 is 5.99. The number of carbonyl (C=O) groups excluding carboxylic acids is 1. The third-order valence-electron chi connectivity index (χ3n) is 4.71. The molecule has 1 saturated heterocycles. The number of fused-ring (bicyclic) bond motifs is 1. The fourth-order valence-corrected chi connectivity index (χ4v) is 5.02. The minimum absolute atomic E-state index is 0.0724. The number of carbonyl (C=O) groups is 1. The molecule has 1 aliphatic heterocycles. The number of aromatic amines is 1. The van der Waals surface area contributed by atoms with Crippen LogP contribution < -0.4 is 0 Å². The van der Waals surface area contributed by atoms with Crippen LogP contribution >= 0.6 is 11.6 Å². The van der Waals surface area contributed by atoms with E-state index in [-0.39, 0.29) is 37.7 Å². The Balaban J connectivity index is 1.82. The first-order valence-electron chi connectivity index (χ1n) is 9.40. The van der Waals surface area contributed by atoms with Crippen LogP contribution in [-0.4, -0.2) is 71.7 Å². The van der Waals surface area contributed by atoms with Gasteiger partial charge in [-0.25, -0.2) is 13.2 Å². The molecule has 1 fully saturated rings. The van der Waals surface area contributed by atoms with E-state index < -0.39 is 27.8 Å². The number of ether oxygens (including phenoxy) is 1. The zero-order chi connectivity index (χ0) is 21.4. The van der Waals surface area contributed by atoms with Crippen molar-refractivity contribution in [1.82, 2.24) is 14.2 Å². The van der Waals surface area contributed by atoms with Crippen LogP contribution in [0.5, 0.6) is 0 Å². The minimum Gasteiger partial charge on any atom is -0.444 e. The zero-order valence-electron chi connectivity index (χ0n) is 16.7. The maximum atomic E-state index is 13.2. The molecule has 0 radical (unpaired) electrons. The Kier molecular flexibility index (Phi) is 6.14. The van der Waals surface area contributed by atoms with Gasteiger partial charge in [0.05, 0.1) is 6.04 Å². The van der Waals surface area contributed by atoms with Gasteiger partial charge in [-0.1, -0.05) is 11.6 Å². The number of nitrogens with one attached hydrogen (secondary N) is 1. The van der Waals surface area contributed by atoms with Gasteiger partial charge in [0, 0.05) is 42.2 Å². The molecule has 1 unspecified atom stereocenters. The molecule has 10 heteroatoms. The van der Waals surface area contributed by atoms with E-state index in [9.17, 15) is 18.3 Å². The Hall–Kier alpha value is -1.81. The number of piperazine rings is 1. The lowest BCUT2D eigenvalue weighted by Gasteiger charge is -2.40. The van der Waals surface area contributed by atoms with Crippen LogP contribution in [0.1, 0.15) is 27.2 Å². The van der Waals surface area contributed by atoms with Crippen molar-refractivity contribution in [2.75, 3.05) is 26.2 Å². The molecule has 3 rings (SSSR count). The summed E-state index contributed by atoms with van der Waals surface area (Å²) in [5, 5.41) is 10.7. The number of amides is 1. The van der Waals surface area contributed by atoms with Crippen LogP contribution in [0.4, 0.5) is 4.79 Å². The lowest BCUT2D eigenvalue weighted by molar-refractivity contribution is 0.00306. The molecular weight excluding hydrogens is 418 g/mol. The Labute approximate surface area is 175 Å². The van der Waals surface area contributed by atoms with Gasteiger partial charge in [-0.05, 0) is 51.5 Å². The first-order chi connectivity index (χ1) is 13.5. The number of nitrogens with zero attached hydrogens (tertiary/aromatic N) is 2. The number of hydrogen-bond donors (Lipinski definition) is 2. The normalized spacial score (nSPS) is 18.9. The first-order valence-corrected chi connectivity index (χ1v) is 11.2. The predicted molar refractivity (Wildman–Crippen MR) is 110 cm³/mol. The number of rotatable bonds is 4. The average molecular weight is 444 g/mol. The lowest BCUT2D eigenvalue weighted by Crippen LogP contribution is -2.57. The number of aliphatic hydroxyl groups is 1. The van der Waals surface area contributed by atoms with E-state index in [1.54, 1.807) is 45.0 Å². The number of halogens is 1. The average Bonchev–Trinajstić information content (AvgIpc) is 3.04. The van der Waals surface area contributed by atoms with Gasteiger partial charge in [0.2, 0.25) is 0 Å². The van der Waals surface area contributed by atoms with Gasteiger partial charge < -0.3 is 19.7 Å². The van der Waals surface area contributed by atoms with Crippen molar-refractivity contribution in [2.45, 2.75) is 43.9 Å². The maximum Gasteiger partial charge on any atom is 0.410 e. The van der Waals surface area contributed by atoms with E-state index in [1.165, 1.54) is 9.21 Å². The summed E-state index contributed by atoms with van der Waals surface area (Å²) < 4.78 is 33.1. The molecule has 0 bridgehead atoms. The summed E-state index contributed by atoms with van der Waals surface area (Å²) in [6.45, 7) is 5.56. The van der Waals surface area contributed by atoms with Crippen molar-refractivity contribution in [3.8, 4) is 0 Å². The van der Waals surface area contributed by atoms with E-state index in [0.717, 1.165) is 0 Å². The Morgan fingerprint density at radius 1 is 1.31 bits per heavy atom. The Morgan fingerprint density at radius 3 is 2.69 bits per heavy atom. The van der Waals surface area contributed by atoms with Crippen molar-refractivity contribution in [3.05, 3.63) is 29.3 Å². The fourth-order valence-electron chi connectivity index (χ4n) is 3.36. The Morgan fingerprint density at radius 2 is 2.03 bits per heavy atom. The number of hydrogen-bond acceptors (Lipinski definition) is 5. The SMILES string of the molecule is CC(C)(C)OC(=O)N1CCN(S(=O)(=O)c2cc3cc(Cl)ccc3[nH]2)CC1CCO. The topological polar surface area (TPSA) is 103 Å². The minimum atomic E-state index is -3.80. The quantitative estimate of drug-likeness (QED) is 0.756. The maximum absolute atomic E-state index is 13.2. The summed E-state index contributed by atoms with van der Waals surface area (Å²) in [5.74, 6) is 0. The van der Waals surface area contributed by atoms with Crippen LogP contribution in [0, 0.1) is 0 Å². The van der Waals surface area contributed by atoms with Crippen LogP contribution in [0.3, 0.4) is 0 Å². The second-order valence-electron chi connectivity index (χ2n) is 8.07. The second kappa shape index (κ2) is 8.14. The van der Waals surface area contributed by atoms with Gasteiger partial charge in [-0.15, -0.1) is 0 Å². The number of aromatic nitrogens is 1. The van der Waals surface area contributed by atoms with Crippen molar-refractivity contribution in [2.24, 2.45) is 0 Å². The standard InChI is InChI=1S/C19H26ClN3O5S/c1-19(2,3)28-18(25)23-8-7-22(12-15(23)6-9-24)29(26,27)17-11-13-10-14(20)4-5-16(13)21-17/h4-5,10-11,15,21,24H,6-9,12H2,1-3H3. The Bertz CT molecular complexity index is 999.